The highest BCUT2D eigenvalue weighted by Crippen LogP contribution is 2.28. The molecule has 2 aliphatic rings. The summed E-state index contributed by atoms with van der Waals surface area (Å²) in [5.41, 5.74) is 4.37. The number of piperidine rings is 1. The van der Waals surface area contributed by atoms with Crippen LogP contribution in [0.1, 0.15) is 33.5 Å². The molecular weight excluding hydrogens is 248 g/mol. The molecule has 1 aromatic carbocycles. The summed E-state index contributed by atoms with van der Waals surface area (Å²) in [5, 5.41) is 3.46. The Balaban J connectivity index is 1.82. The summed E-state index contributed by atoms with van der Waals surface area (Å²) in [6.45, 7) is 10.2. The average molecular weight is 272 g/mol. The lowest BCUT2D eigenvalue weighted by atomic mass is 9.88. The predicted molar refractivity (Wildman–Crippen MR) is 81.0 cm³/mol. The molecule has 0 radical (unpaired) electrons. The first-order valence-corrected chi connectivity index (χ1v) is 7.64. The van der Waals surface area contributed by atoms with Gasteiger partial charge in [-0.15, -0.1) is 0 Å². The number of fused-ring (bicyclic) bond motifs is 1. The maximum Gasteiger partial charge on any atom is 0.254 e. The van der Waals surface area contributed by atoms with Crippen molar-refractivity contribution in [1.82, 2.24) is 10.2 Å². The molecule has 0 spiro atoms. The minimum absolute atomic E-state index is 0.227. The fourth-order valence-corrected chi connectivity index (χ4v) is 3.89. The van der Waals surface area contributed by atoms with Crippen LogP contribution in [-0.2, 0) is 0 Å². The SMILES string of the molecule is Cc1cc(C)c(C(=O)N2CCC3CNCC3C2)c(C)c1. The van der Waals surface area contributed by atoms with Gasteiger partial charge < -0.3 is 10.2 Å². The van der Waals surface area contributed by atoms with E-state index in [1.807, 2.05) is 0 Å². The van der Waals surface area contributed by atoms with E-state index in [2.05, 4.69) is 43.1 Å². The highest BCUT2D eigenvalue weighted by Gasteiger charge is 2.35. The van der Waals surface area contributed by atoms with Crippen molar-refractivity contribution in [3.05, 3.63) is 34.4 Å². The topological polar surface area (TPSA) is 32.3 Å². The first-order valence-electron chi connectivity index (χ1n) is 7.64. The van der Waals surface area contributed by atoms with E-state index < -0.39 is 0 Å². The van der Waals surface area contributed by atoms with Gasteiger partial charge in [-0.2, -0.15) is 0 Å². The Labute approximate surface area is 121 Å². The van der Waals surface area contributed by atoms with Crippen molar-refractivity contribution in [3.8, 4) is 0 Å². The Morgan fingerprint density at radius 1 is 1.15 bits per heavy atom. The number of carbonyl (C=O) groups excluding carboxylic acids is 1. The van der Waals surface area contributed by atoms with Gasteiger partial charge in [0.15, 0.2) is 0 Å². The van der Waals surface area contributed by atoms with Crippen LogP contribution in [0.5, 0.6) is 0 Å². The quantitative estimate of drug-likeness (QED) is 0.851. The fourth-order valence-electron chi connectivity index (χ4n) is 3.89. The second-order valence-corrected chi connectivity index (χ2v) is 6.49. The predicted octanol–water partition coefficient (Wildman–Crippen LogP) is 2.29. The highest BCUT2D eigenvalue weighted by atomic mass is 16.2. The molecular formula is C17H24N2O. The van der Waals surface area contributed by atoms with E-state index in [1.54, 1.807) is 0 Å². The van der Waals surface area contributed by atoms with E-state index in [9.17, 15) is 4.79 Å². The first-order chi connectivity index (χ1) is 9.56. The zero-order valence-electron chi connectivity index (χ0n) is 12.7. The summed E-state index contributed by atoms with van der Waals surface area (Å²) in [6.07, 6.45) is 1.15. The van der Waals surface area contributed by atoms with Crippen molar-refractivity contribution >= 4 is 5.91 Å². The van der Waals surface area contributed by atoms with E-state index in [0.29, 0.717) is 5.92 Å². The number of hydrogen-bond donors (Lipinski definition) is 1. The molecule has 1 N–H and O–H groups in total. The fraction of sp³-hybridized carbons (Fsp3) is 0.588. The number of hydrogen-bond acceptors (Lipinski definition) is 2. The third-order valence-electron chi connectivity index (χ3n) is 4.88. The molecule has 0 saturated carbocycles. The van der Waals surface area contributed by atoms with Crippen LogP contribution >= 0.6 is 0 Å². The Kier molecular flexibility index (Phi) is 3.55. The largest absolute Gasteiger partial charge is 0.338 e. The van der Waals surface area contributed by atoms with Crippen molar-refractivity contribution in [2.24, 2.45) is 11.8 Å². The molecule has 2 fully saturated rings. The van der Waals surface area contributed by atoms with Gasteiger partial charge in [0.25, 0.3) is 5.91 Å². The third kappa shape index (κ3) is 2.35. The maximum atomic E-state index is 12.8. The van der Waals surface area contributed by atoms with Crippen LogP contribution in [0.4, 0.5) is 0 Å². The van der Waals surface area contributed by atoms with Gasteiger partial charge in [-0.05, 0) is 63.2 Å². The summed E-state index contributed by atoms with van der Waals surface area (Å²) in [5.74, 6) is 1.66. The monoisotopic (exact) mass is 272 g/mol. The van der Waals surface area contributed by atoms with Gasteiger partial charge in [-0.25, -0.2) is 0 Å². The van der Waals surface area contributed by atoms with E-state index in [-0.39, 0.29) is 5.91 Å². The minimum Gasteiger partial charge on any atom is -0.338 e. The van der Waals surface area contributed by atoms with Crippen LogP contribution in [0.25, 0.3) is 0 Å². The third-order valence-corrected chi connectivity index (χ3v) is 4.88. The normalized spacial score (nSPS) is 25.6. The zero-order chi connectivity index (χ0) is 14.3. The molecule has 1 amide bonds. The summed E-state index contributed by atoms with van der Waals surface area (Å²) < 4.78 is 0. The van der Waals surface area contributed by atoms with Crippen LogP contribution in [-0.4, -0.2) is 37.0 Å². The number of nitrogens with zero attached hydrogens (tertiary/aromatic N) is 1. The van der Waals surface area contributed by atoms with Crippen LogP contribution in [0, 0.1) is 32.6 Å². The van der Waals surface area contributed by atoms with E-state index in [4.69, 9.17) is 0 Å². The summed E-state index contributed by atoms with van der Waals surface area (Å²) in [4.78, 5) is 14.9. The van der Waals surface area contributed by atoms with Crippen molar-refractivity contribution in [2.75, 3.05) is 26.2 Å². The summed E-state index contributed by atoms with van der Waals surface area (Å²) in [7, 11) is 0. The van der Waals surface area contributed by atoms with Gasteiger partial charge >= 0.3 is 0 Å². The van der Waals surface area contributed by atoms with Gasteiger partial charge in [-0.3, -0.25) is 4.79 Å². The molecule has 2 atom stereocenters. The molecule has 1 aromatic rings. The molecule has 3 nitrogen and oxygen atoms in total. The molecule has 108 valence electrons. The molecule has 0 bridgehead atoms. The zero-order valence-corrected chi connectivity index (χ0v) is 12.7. The lowest BCUT2D eigenvalue weighted by Crippen LogP contribution is -2.43. The highest BCUT2D eigenvalue weighted by molar-refractivity contribution is 5.97. The Bertz CT molecular complexity index is 515. The van der Waals surface area contributed by atoms with Crippen LogP contribution < -0.4 is 5.32 Å². The molecule has 2 unspecified atom stereocenters. The van der Waals surface area contributed by atoms with Gasteiger partial charge in [0.05, 0.1) is 0 Å². The van der Waals surface area contributed by atoms with Crippen molar-refractivity contribution < 1.29 is 4.79 Å². The second-order valence-electron chi connectivity index (χ2n) is 6.49. The lowest BCUT2D eigenvalue weighted by Gasteiger charge is -2.35. The number of benzene rings is 1. The lowest BCUT2D eigenvalue weighted by molar-refractivity contribution is 0.0641. The Morgan fingerprint density at radius 2 is 1.80 bits per heavy atom. The first kappa shape index (κ1) is 13.6. The molecule has 3 heteroatoms. The second kappa shape index (κ2) is 5.21. The average Bonchev–Trinajstić information content (AvgIpc) is 2.84. The van der Waals surface area contributed by atoms with E-state index >= 15 is 0 Å². The van der Waals surface area contributed by atoms with E-state index in [1.165, 1.54) is 5.56 Å². The number of aryl methyl sites for hydroxylation is 3. The summed E-state index contributed by atoms with van der Waals surface area (Å²) in [6, 6.07) is 4.23. The Morgan fingerprint density at radius 3 is 2.50 bits per heavy atom. The molecule has 0 aliphatic carbocycles. The van der Waals surface area contributed by atoms with Crippen molar-refractivity contribution in [3.63, 3.8) is 0 Å². The molecule has 0 aromatic heterocycles. The van der Waals surface area contributed by atoms with Crippen LogP contribution in [0.2, 0.25) is 0 Å². The molecule has 2 aliphatic heterocycles. The molecule has 20 heavy (non-hydrogen) atoms. The molecule has 2 heterocycles. The number of amides is 1. The van der Waals surface area contributed by atoms with Crippen molar-refractivity contribution in [1.29, 1.82) is 0 Å². The number of nitrogens with one attached hydrogen (secondary N) is 1. The minimum atomic E-state index is 0.227. The Hall–Kier alpha value is -1.35. The van der Waals surface area contributed by atoms with Gasteiger partial charge in [0.2, 0.25) is 0 Å². The standard InChI is InChI=1S/C17H24N2O/c1-11-6-12(2)16(13(3)7-11)17(20)19-5-4-14-8-18-9-15(14)10-19/h6-7,14-15,18H,4-5,8-10H2,1-3H3. The van der Waals surface area contributed by atoms with Crippen molar-refractivity contribution in [2.45, 2.75) is 27.2 Å². The molecule has 2 saturated heterocycles. The van der Waals surface area contributed by atoms with Gasteiger partial charge in [0.1, 0.15) is 0 Å². The molecule has 3 rings (SSSR count). The van der Waals surface area contributed by atoms with Crippen LogP contribution in [0.15, 0.2) is 12.1 Å². The smallest absolute Gasteiger partial charge is 0.254 e. The van der Waals surface area contributed by atoms with Crippen LogP contribution in [0.3, 0.4) is 0 Å². The maximum absolute atomic E-state index is 12.8. The summed E-state index contributed by atoms with van der Waals surface area (Å²) >= 11 is 0. The number of rotatable bonds is 1. The number of carbonyl (C=O) groups is 1. The van der Waals surface area contributed by atoms with Gasteiger partial charge in [0, 0.05) is 18.7 Å². The van der Waals surface area contributed by atoms with Gasteiger partial charge in [-0.1, -0.05) is 17.7 Å². The number of likely N-dealkylation sites (tertiary alicyclic amines) is 1. The van der Waals surface area contributed by atoms with E-state index in [0.717, 1.165) is 55.2 Å².